The van der Waals surface area contributed by atoms with E-state index in [0.29, 0.717) is 30.2 Å². The number of benzene rings is 2. The van der Waals surface area contributed by atoms with Crippen LogP contribution in [0.25, 0.3) is 11.0 Å². The minimum absolute atomic E-state index is 0.162. The third kappa shape index (κ3) is 3.36. The standard InChI is InChI=1S/C20H19NO5/c22-14(18-11-13-5-1-2-6-15(13)25-18)9-10-21-20(23)19-12-24-16-7-3-4-8-17(16)26-19/h1-8,11,14,19,22H,9-10,12H2,(H,21,23)/t14-,19-/m1/s1. The smallest absolute Gasteiger partial charge is 0.264 e. The molecule has 6 heteroatoms. The van der Waals surface area contributed by atoms with Crippen molar-refractivity contribution < 1.29 is 23.8 Å². The van der Waals surface area contributed by atoms with E-state index in [9.17, 15) is 9.90 Å². The first-order valence-electron chi connectivity index (χ1n) is 8.53. The highest BCUT2D eigenvalue weighted by atomic mass is 16.6. The van der Waals surface area contributed by atoms with Crippen LogP contribution in [0.5, 0.6) is 11.5 Å². The van der Waals surface area contributed by atoms with Crippen molar-refractivity contribution in [2.24, 2.45) is 0 Å². The first kappa shape index (κ1) is 16.5. The molecule has 6 nitrogen and oxygen atoms in total. The molecule has 2 heterocycles. The van der Waals surface area contributed by atoms with Crippen molar-refractivity contribution in [2.45, 2.75) is 18.6 Å². The van der Waals surface area contributed by atoms with Crippen molar-refractivity contribution >= 4 is 16.9 Å². The molecule has 0 radical (unpaired) electrons. The minimum Gasteiger partial charge on any atom is -0.485 e. The first-order valence-corrected chi connectivity index (χ1v) is 8.53. The van der Waals surface area contributed by atoms with E-state index in [1.807, 2.05) is 42.5 Å². The summed E-state index contributed by atoms with van der Waals surface area (Å²) >= 11 is 0. The highest BCUT2D eigenvalue weighted by molar-refractivity contribution is 5.81. The van der Waals surface area contributed by atoms with Gasteiger partial charge in [0.15, 0.2) is 11.5 Å². The molecule has 0 spiro atoms. The normalized spacial score (nSPS) is 17.0. The molecule has 1 aliphatic heterocycles. The Hall–Kier alpha value is -2.99. The molecule has 2 atom stereocenters. The van der Waals surface area contributed by atoms with Crippen LogP contribution in [0.4, 0.5) is 0 Å². The van der Waals surface area contributed by atoms with Crippen LogP contribution in [0.1, 0.15) is 18.3 Å². The highest BCUT2D eigenvalue weighted by Gasteiger charge is 2.27. The lowest BCUT2D eigenvalue weighted by molar-refractivity contribution is -0.130. The number of aliphatic hydroxyl groups is 1. The summed E-state index contributed by atoms with van der Waals surface area (Å²) in [5, 5.41) is 14.0. The molecule has 0 saturated heterocycles. The summed E-state index contributed by atoms with van der Waals surface area (Å²) in [7, 11) is 0. The van der Waals surface area contributed by atoms with Crippen molar-refractivity contribution in [3.05, 3.63) is 60.4 Å². The summed E-state index contributed by atoms with van der Waals surface area (Å²) in [6, 6.07) is 16.6. The van der Waals surface area contributed by atoms with Crippen molar-refractivity contribution in [1.82, 2.24) is 5.32 Å². The van der Waals surface area contributed by atoms with Gasteiger partial charge in [-0.1, -0.05) is 30.3 Å². The SMILES string of the molecule is O=C(NCC[C@@H](O)c1cc2ccccc2o1)[C@H]1COc2ccccc2O1. The summed E-state index contributed by atoms with van der Waals surface area (Å²) < 4.78 is 16.8. The first-order chi connectivity index (χ1) is 12.7. The van der Waals surface area contributed by atoms with Gasteiger partial charge < -0.3 is 24.3 Å². The molecule has 0 saturated carbocycles. The molecule has 134 valence electrons. The Balaban J connectivity index is 1.29. The van der Waals surface area contributed by atoms with Crippen LogP contribution in [0.3, 0.4) is 0 Å². The number of rotatable bonds is 5. The molecule has 2 aromatic carbocycles. The van der Waals surface area contributed by atoms with Crippen LogP contribution in [0.15, 0.2) is 59.0 Å². The third-order valence-corrected chi connectivity index (χ3v) is 4.29. The van der Waals surface area contributed by atoms with E-state index in [2.05, 4.69) is 5.32 Å². The van der Waals surface area contributed by atoms with E-state index < -0.39 is 12.2 Å². The Morgan fingerprint density at radius 1 is 1.15 bits per heavy atom. The average Bonchev–Trinajstić information content (AvgIpc) is 3.12. The van der Waals surface area contributed by atoms with E-state index in [1.54, 1.807) is 12.1 Å². The number of carbonyl (C=O) groups excluding carboxylic acids is 1. The quantitative estimate of drug-likeness (QED) is 0.737. The van der Waals surface area contributed by atoms with Crippen molar-refractivity contribution in [2.75, 3.05) is 13.2 Å². The number of carbonyl (C=O) groups is 1. The lowest BCUT2D eigenvalue weighted by Crippen LogP contribution is -2.44. The number of furan rings is 1. The molecule has 2 N–H and O–H groups in total. The second-order valence-electron chi connectivity index (χ2n) is 6.15. The Bertz CT molecular complexity index is 886. The van der Waals surface area contributed by atoms with Crippen LogP contribution in [-0.2, 0) is 4.79 Å². The third-order valence-electron chi connectivity index (χ3n) is 4.29. The van der Waals surface area contributed by atoms with Gasteiger partial charge in [-0.3, -0.25) is 4.79 Å². The summed E-state index contributed by atoms with van der Waals surface area (Å²) in [4.78, 5) is 12.2. The second kappa shape index (κ2) is 7.09. The summed E-state index contributed by atoms with van der Waals surface area (Å²) in [6.45, 7) is 0.466. The predicted octanol–water partition coefficient (Wildman–Crippen LogP) is 2.81. The van der Waals surface area contributed by atoms with Crippen LogP contribution >= 0.6 is 0 Å². The molecule has 0 bridgehead atoms. The molecule has 26 heavy (non-hydrogen) atoms. The molecular formula is C20H19NO5. The zero-order valence-corrected chi connectivity index (χ0v) is 14.1. The van der Waals surface area contributed by atoms with Gasteiger partial charge in [0.1, 0.15) is 24.1 Å². The molecule has 0 unspecified atom stereocenters. The Morgan fingerprint density at radius 3 is 2.77 bits per heavy atom. The maximum absolute atomic E-state index is 12.2. The van der Waals surface area contributed by atoms with Crippen LogP contribution < -0.4 is 14.8 Å². The summed E-state index contributed by atoms with van der Waals surface area (Å²) in [5.74, 6) is 1.42. The largest absolute Gasteiger partial charge is 0.485 e. The minimum atomic E-state index is -0.785. The van der Waals surface area contributed by atoms with Gasteiger partial charge in [-0.2, -0.15) is 0 Å². The van der Waals surface area contributed by atoms with Gasteiger partial charge in [-0.05, 0) is 30.7 Å². The zero-order chi connectivity index (χ0) is 17.9. The van der Waals surface area contributed by atoms with Gasteiger partial charge in [0.05, 0.1) is 0 Å². The molecule has 4 rings (SSSR count). The molecular weight excluding hydrogens is 334 g/mol. The maximum atomic E-state index is 12.2. The average molecular weight is 353 g/mol. The van der Waals surface area contributed by atoms with E-state index in [4.69, 9.17) is 13.9 Å². The van der Waals surface area contributed by atoms with Gasteiger partial charge in [0, 0.05) is 11.9 Å². The molecule has 1 amide bonds. The van der Waals surface area contributed by atoms with Crippen LogP contribution in [0, 0.1) is 0 Å². The fraction of sp³-hybridized carbons (Fsp3) is 0.250. The number of fused-ring (bicyclic) bond motifs is 2. The van der Waals surface area contributed by atoms with Crippen LogP contribution in [0.2, 0.25) is 0 Å². The molecule has 3 aromatic rings. The van der Waals surface area contributed by atoms with Crippen molar-refractivity contribution in [1.29, 1.82) is 0 Å². The van der Waals surface area contributed by atoms with E-state index in [0.717, 1.165) is 11.0 Å². The molecule has 1 aromatic heterocycles. The maximum Gasteiger partial charge on any atom is 0.264 e. The lowest BCUT2D eigenvalue weighted by atomic mass is 10.2. The van der Waals surface area contributed by atoms with Gasteiger partial charge in [-0.25, -0.2) is 0 Å². The van der Waals surface area contributed by atoms with Gasteiger partial charge in [0.25, 0.3) is 5.91 Å². The van der Waals surface area contributed by atoms with Crippen LogP contribution in [-0.4, -0.2) is 30.3 Å². The summed E-state index contributed by atoms with van der Waals surface area (Å²) in [5.41, 5.74) is 0.733. The zero-order valence-electron chi connectivity index (χ0n) is 14.1. The number of aliphatic hydroxyl groups excluding tert-OH is 1. The fourth-order valence-electron chi connectivity index (χ4n) is 2.90. The number of ether oxygens (including phenoxy) is 2. The van der Waals surface area contributed by atoms with E-state index >= 15 is 0 Å². The lowest BCUT2D eigenvalue weighted by Gasteiger charge is -2.25. The van der Waals surface area contributed by atoms with Gasteiger partial charge in [-0.15, -0.1) is 0 Å². The number of para-hydroxylation sites is 3. The Labute approximate surface area is 150 Å². The van der Waals surface area contributed by atoms with Crippen molar-refractivity contribution in [3.8, 4) is 11.5 Å². The molecule has 1 aliphatic rings. The number of amides is 1. The van der Waals surface area contributed by atoms with Crippen molar-refractivity contribution in [3.63, 3.8) is 0 Å². The predicted molar refractivity (Wildman–Crippen MR) is 95.2 cm³/mol. The topological polar surface area (TPSA) is 80.9 Å². The fourth-order valence-corrected chi connectivity index (χ4v) is 2.90. The van der Waals surface area contributed by atoms with E-state index in [-0.39, 0.29) is 12.5 Å². The number of nitrogens with one attached hydrogen (secondary N) is 1. The highest BCUT2D eigenvalue weighted by Crippen LogP contribution is 2.31. The van der Waals surface area contributed by atoms with Gasteiger partial charge >= 0.3 is 0 Å². The second-order valence-corrected chi connectivity index (χ2v) is 6.15. The Morgan fingerprint density at radius 2 is 1.92 bits per heavy atom. The Kier molecular flexibility index (Phi) is 4.50. The number of hydrogen-bond acceptors (Lipinski definition) is 5. The molecule has 0 fully saturated rings. The van der Waals surface area contributed by atoms with Gasteiger partial charge in [0.2, 0.25) is 6.10 Å². The molecule has 0 aliphatic carbocycles. The monoisotopic (exact) mass is 353 g/mol. The number of hydrogen-bond donors (Lipinski definition) is 2. The summed E-state index contributed by atoms with van der Waals surface area (Å²) in [6.07, 6.45) is -1.14. The van der Waals surface area contributed by atoms with E-state index in [1.165, 1.54) is 0 Å².